The van der Waals surface area contributed by atoms with E-state index in [1.165, 1.54) is 10.6 Å². The zero-order valence-corrected chi connectivity index (χ0v) is 16.3. The maximum absolute atomic E-state index is 12.6. The van der Waals surface area contributed by atoms with Crippen molar-refractivity contribution < 1.29 is 14.3 Å². The van der Waals surface area contributed by atoms with Crippen molar-refractivity contribution in [1.82, 2.24) is 4.57 Å². The summed E-state index contributed by atoms with van der Waals surface area (Å²) in [5.74, 6) is -0.867. The topological polar surface area (TPSA) is 89.8 Å². The van der Waals surface area contributed by atoms with Gasteiger partial charge in [0.2, 0.25) is 0 Å². The molecule has 0 radical (unpaired) electrons. The maximum Gasteiger partial charge on any atom is 0.338 e. The average molecular weight is 399 g/mol. The first-order valence-electron chi connectivity index (χ1n) is 8.56. The molecule has 1 N–H and O–H groups in total. The second kappa shape index (κ2) is 10.2. The Morgan fingerprint density at radius 1 is 1.25 bits per heavy atom. The standard InChI is InChI=1S/C20H21N3O4S/c1-4-11-21-20-23(12-5-2)17(24)13-16(28-20)18(25)22-15-9-7-14(8-10-15)19(26)27-6-3/h4-5,7-10,13H,1-2,6,11-12H2,3H3,(H,22,25). The van der Waals surface area contributed by atoms with E-state index in [9.17, 15) is 14.4 Å². The number of carbonyl (C=O) groups is 2. The third-order valence-corrected chi connectivity index (χ3v) is 4.55. The van der Waals surface area contributed by atoms with Crippen LogP contribution in [-0.4, -0.2) is 29.6 Å². The Kier molecular flexibility index (Phi) is 7.65. The van der Waals surface area contributed by atoms with Gasteiger partial charge in [-0.1, -0.05) is 23.5 Å². The molecular formula is C20H21N3O4S. The molecule has 0 unspecified atom stereocenters. The fourth-order valence-corrected chi connectivity index (χ4v) is 3.15. The van der Waals surface area contributed by atoms with E-state index in [-0.39, 0.29) is 17.0 Å². The van der Waals surface area contributed by atoms with E-state index in [4.69, 9.17) is 4.74 Å². The summed E-state index contributed by atoms with van der Waals surface area (Å²) in [7, 11) is 0. The lowest BCUT2D eigenvalue weighted by molar-refractivity contribution is 0.0526. The molecule has 2 rings (SSSR count). The Bertz CT molecular complexity index is 1000. The Hall–Kier alpha value is -3.26. The number of ether oxygens (including phenoxy) is 1. The Balaban J connectivity index is 2.27. The van der Waals surface area contributed by atoms with Crippen LogP contribution in [0.5, 0.6) is 0 Å². The van der Waals surface area contributed by atoms with Crippen molar-refractivity contribution in [2.45, 2.75) is 13.5 Å². The third kappa shape index (κ3) is 5.37. The van der Waals surface area contributed by atoms with Crippen LogP contribution in [0.1, 0.15) is 27.0 Å². The molecule has 1 aromatic heterocycles. The first-order chi connectivity index (χ1) is 13.5. The number of hydrogen-bond donors (Lipinski definition) is 1. The summed E-state index contributed by atoms with van der Waals surface area (Å²) in [4.78, 5) is 41.5. The molecule has 0 aliphatic carbocycles. The second-order valence-corrected chi connectivity index (χ2v) is 6.52. The normalized spacial score (nSPS) is 11.0. The van der Waals surface area contributed by atoms with Gasteiger partial charge in [0, 0.05) is 18.3 Å². The number of benzene rings is 1. The molecule has 146 valence electrons. The molecule has 0 saturated heterocycles. The molecule has 2 aromatic rings. The highest BCUT2D eigenvalue weighted by molar-refractivity contribution is 7.11. The summed E-state index contributed by atoms with van der Waals surface area (Å²) >= 11 is 1.10. The van der Waals surface area contributed by atoms with E-state index in [0.29, 0.717) is 29.1 Å². The summed E-state index contributed by atoms with van der Waals surface area (Å²) in [6, 6.07) is 7.57. The molecule has 7 nitrogen and oxygen atoms in total. The number of hydrogen-bond acceptors (Lipinski definition) is 6. The van der Waals surface area contributed by atoms with Crippen molar-refractivity contribution in [2.24, 2.45) is 4.99 Å². The van der Waals surface area contributed by atoms with Gasteiger partial charge in [0.15, 0.2) is 4.80 Å². The highest BCUT2D eigenvalue weighted by Gasteiger charge is 2.12. The largest absolute Gasteiger partial charge is 0.462 e. The lowest BCUT2D eigenvalue weighted by atomic mass is 10.2. The van der Waals surface area contributed by atoms with Crippen molar-refractivity contribution in [2.75, 3.05) is 18.5 Å². The number of allylic oxidation sites excluding steroid dienone is 1. The Morgan fingerprint density at radius 2 is 1.96 bits per heavy atom. The van der Waals surface area contributed by atoms with Crippen molar-refractivity contribution in [3.8, 4) is 0 Å². The minimum Gasteiger partial charge on any atom is -0.462 e. The second-order valence-electron chi connectivity index (χ2n) is 5.51. The van der Waals surface area contributed by atoms with Crippen LogP contribution < -0.4 is 15.7 Å². The van der Waals surface area contributed by atoms with Gasteiger partial charge in [-0.25, -0.2) is 4.79 Å². The van der Waals surface area contributed by atoms with E-state index < -0.39 is 11.9 Å². The van der Waals surface area contributed by atoms with Crippen molar-refractivity contribution in [3.63, 3.8) is 0 Å². The van der Waals surface area contributed by atoms with Gasteiger partial charge in [0.05, 0.1) is 18.7 Å². The van der Waals surface area contributed by atoms with Crippen LogP contribution >= 0.6 is 11.3 Å². The summed E-state index contributed by atoms with van der Waals surface area (Å²) in [6.45, 7) is 9.88. The highest BCUT2D eigenvalue weighted by Crippen LogP contribution is 2.12. The molecule has 0 saturated carbocycles. The van der Waals surface area contributed by atoms with Gasteiger partial charge in [-0.05, 0) is 31.2 Å². The number of nitrogens with zero attached hydrogens (tertiary/aromatic N) is 2. The summed E-state index contributed by atoms with van der Waals surface area (Å²) in [6.07, 6.45) is 3.19. The number of amides is 1. The van der Waals surface area contributed by atoms with E-state index in [1.54, 1.807) is 43.3 Å². The molecule has 0 bridgehead atoms. The minimum atomic E-state index is -0.438. The van der Waals surface area contributed by atoms with Crippen LogP contribution in [0.25, 0.3) is 0 Å². The monoisotopic (exact) mass is 399 g/mol. The van der Waals surface area contributed by atoms with Gasteiger partial charge < -0.3 is 10.1 Å². The van der Waals surface area contributed by atoms with Gasteiger partial charge in [-0.3, -0.25) is 19.1 Å². The van der Waals surface area contributed by atoms with Gasteiger partial charge in [0.25, 0.3) is 11.5 Å². The van der Waals surface area contributed by atoms with Crippen LogP contribution in [-0.2, 0) is 11.3 Å². The SMILES string of the molecule is C=CCN=c1sc(C(=O)Nc2ccc(C(=O)OCC)cc2)cc(=O)n1CC=C. The molecule has 0 fully saturated rings. The molecule has 0 atom stereocenters. The number of anilines is 1. The Labute approximate surface area is 166 Å². The molecule has 1 aromatic carbocycles. The minimum absolute atomic E-state index is 0.225. The Morgan fingerprint density at radius 3 is 2.57 bits per heavy atom. The molecule has 0 aliphatic rings. The molecule has 0 spiro atoms. The molecule has 8 heteroatoms. The first kappa shape index (κ1) is 21.0. The third-order valence-electron chi connectivity index (χ3n) is 3.50. The van der Waals surface area contributed by atoms with Crippen LogP contribution in [0.2, 0.25) is 0 Å². The van der Waals surface area contributed by atoms with Crippen LogP contribution in [0.4, 0.5) is 5.69 Å². The van der Waals surface area contributed by atoms with Crippen LogP contribution in [0, 0.1) is 0 Å². The molecular weight excluding hydrogens is 378 g/mol. The highest BCUT2D eigenvalue weighted by atomic mass is 32.1. The predicted octanol–water partition coefficient (Wildman–Crippen LogP) is 2.61. The van der Waals surface area contributed by atoms with Gasteiger partial charge in [0.1, 0.15) is 4.88 Å². The first-order valence-corrected chi connectivity index (χ1v) is 9.37. The number of carbonyl (C=O) groups excluding carboxylic acids is 2. The van der Waals surface area contributed by atoms with Crippen LogP contribution in [0.15, 0.2) is 65.4 Å². The summed E-state index contributed by atoms with van der Waals surface area (Å²) in [5.41, 5.74) is 0.537. The predicted molar refractivity (Wildman–Crippen MR) is 110 cm³/mol. The van der Waals surface area contributed by atoms with Crippen molar-refractivity contribution in [1.29, 1.82) is 0 Å². The van der Waals surface area contributed by atoms with E-state index in [2.05, 4.69) is 23.5 Å². The smallest absolute Gasteiger partial charge is 0.338 e. The summed E-state index contributed by atoms with van der Waals surface area (Å²) < 4.78 is 6.36. The number of rotatable bonds is 8. The van der Waals surface area contributed by atoms with Crippen molar-refractivity contribution >= 4 is 28.9 Å². The lowest BCUT2D eigenvalue weighted by Crippen LogP contribution is -2.32. The quantitative estimate of drug-likeness (QED) is 0.546. The zero-order chi connectivity index (χ0) is 20.5. The maximum atomic E-state index is 12.6. The lowest BCUT2D eigenvalue weighted by Gasteiger charge is -2.08. The summed E-state index contributed by atoms with van der Waals surface area (Å²) in [5, 5.41) is 2.71. The average Bonchev–Trinajstić information content (AvgIpc) is 2.69. The fraction of sp³-hybridized carbons (Fsp3) is 0.200. The van der Waals surface area contributed by atoms with Gasteiger partial charge in [-0.15, -0.1) is 13.2 Å². The fourth-order valence-electron chi connectivity index (χ4n) is 2.23. The van der Waals surface area contributed by atoms with Crippen LogP contribution in [0.3, 0.4) is 0 Å². The molecule has 28 heavy (non-hydrogen) atoms. The molecule has 1 amide bonds. The van der Waals surface area contributed by atoms with Gasteiger partial charge >= 0.3 is 5.97 Å². The number of nitrogens with one attached hydrogen (secondary N) is 1. The number of aromatic nitrogens is 1. The van der Waals surface area contributed by atoms with Crippen molar-refractivity contribution in [3.05, 3.63) is 81.2 Å². The van der Waals surface area contributed by atoms with E-state index in [0.717, 1.165) is 11.3 Å². The van der Waals surface area contributed by atoms with Gasteiger partial charge in [-0.2, -0.15) is 0 Å². The number of esters is 1. The van der Waals surface area contributed by atoms with E-state index >= 15 is 0 Å². The zero-order valence-electron chi connectivity index (χ0n) is 15.5. The molecule has 1 heterocycles. The molecule has 0 aliphatic heterocycles. The van der Waals surface area contributed by atoms with E-state index in [1.807, 2.05) is 0 Å².